The smallest absolute Gasteiger partial charge is 0.250 e. The molecule has 8 heteroatoms. The lowest BCUT2D eigenvalue weighted by Crippen LogP contribution is -2.52. The Balaban J connectivity index is 2.68. The Labute approximate surface area is 155 Å². The minimum Gasteiger partial charge on any atom is -0.356 e. The molecule has 1 heterocycles. The number of hydrogen-bond acceptors (Lipinski definition) is 5. The van der Waals surface area contributed by atoms with Crippen molar-refractivity contribution in [2.45, 2.75) is 63.1 Å². The average Bonchev–Trinajstić information content (AvgIpc) is 3.02. The van der Waals surface area contributed by atoms with Crippen molar-refractivity contribution in [1.29, 1.82) is 0 Å². The average molecular weight is 390 g/mol. The van der Waals surface area contributed by atoms with Crippen LogP contribution >= 0.6 is 11.3 Å². The van der Waals surface area contributed by atoms with E-state index < -0.39 is 15.6 Å². The second-order valence-corrected chi connectivity index (χ2v) is 9.79. The van der Waals surface area contributed by atoms with Crippen molar-refractivity contribution in [2.24, 2.45) is 11.7 Å². The highest BCUT2D eigenvalue weighted by molar-refractivity contribution is 7.91. The minimum absolute atomic E-state index is 0.0275. The van der Waals surface area contributed by atoms with E-state index in [9.17, 15) is 13.2 Å². The number of carbonyl (C=O) groups excluding carboxylic acids is 1. The molecule has 1 aromatic rings. The largest absolute Gasteiger partial charge is 0.356 e. The zero-order valence-corrected chi connectivity index (χ0v) is 17.2. The number of carbonyl (C=O) groups is 1. The molecule has 0 atom stereocenters. The summed E-state index contributed by atoms with van der Waals surface area (Å²) in [5, 5.41) is 2.86. The van der Waals surface area contributed by atoms with Gasteiger partial charge in [0.15, 0.2) is 0 Å². The third-order valence-electron chi connectivity index (χ3n) is 4.28. The third-order valence-corrected chi connectivity index (χ3v) is 7.50. The van der Waals surface area contributed by atoms with E-state index in [1.54, 1.807) is 12.1 Å². The summed E-state index contributed by atoms with van der Waals surface area (Å²) in [5.41, 5.74) is 5.18. The van der Waals surface area contributed by atoms with Gasteiger partial charge in [-0.25, -0.2) is 13.1 Å². The fraction of sp³-hybridized carbons (Fsp3) is 0.706. The lowest BCUT2D eigenvalue weighted by molar-refractivity contribution is -0.121. The Morgan fingerprint density at radius 1 is 1.28 bits per heavy atom. The Kier molecular flexibility index (Phi) is 8.53. The van der Waals surface area contributed by atoms with Gasteiger partial charge in [0.25, 0.3) is 10.0 Å². The van der Waals surface area contributed by atoms with Gasteiger partial charge in [0.1, 0.15) is 4.21 Å². The van der Waals surface area contributed by atoms with Gasteiger partial charge in [-0.1, -0.05) is 27.7 Å². The summed E-state index contributed by atoms with van der Waals surface area (Å²) in [7, 11) is -3.59. The molecule has 1 aromatic heterocycles. The fourth-order valence-electron chi connectivity index (χ4n) is 2.47. The first kappa shape index (κ1) is 22.1. The van der Waals surface area contributed by atoms with Crippen molar-refractivity contribution in [3.05, 3.63) is 17.0 Å². The predicted octanol–water partition coefficient (Wildman–Crippen LogP) is 2.25. The van der Waals surface area contributed by atoms with Crippen molar-refractivity contribution in [1.82, 2.24) is 10.0 Å². The van der Waals surface area contributed by atoms with Gasteiger partial charge in [-0.3, -0.25) is 4.79 Å². The first-order chi connectivity index (χ1) is 11.7. The van der Waals surface area contributed by atoms with E-state index in [-0.39, 0.29) is 16.7 Å². The van der Waals surface area contributed by atoms with Gasteiger partial charge >= 0.3 is 0 Å². The maximum absolute atomic E-state index is 12.6. The molecule has 0 unspecified atom stereocenters. The monoisotopic (exact) mass is 389 g/mol. The quantitative estimate of drug-likeness (QED) is 0.540. The van der Waals surface area contributed by atoms with Crippen LogP contribution in [0.25, 0.3) is 0 Å². The molecule has 0 aliphatic heterocycles. The van der Waals surface area contributed by atoms with Gasteiger partial charge in [-0.05, 0) is 37.3 Å². The fourth-order valence-corrected chi connectivity index (χ4v) is 5.37. The molecular formula is C17H31N3O3S2. The van der Waals surface area contributed by atoms with Crippen LogP contribution in [0.1, 0.15) is 51.8 Å². The van der Waals surface area contributed by atoms with Crippen LogP contribution in [-0.2, 0) is 21.2 Å². The number of rotatable bonds is 11. The van der Waals surface area contributed by atoms with Gasteiger partial charge in [-0.2, -0.15) is 0 Å². The minimum atomic E-state index is -3.59. The van der Waals surface area contributed by atoms with Crippen LogP contribution in [0.15, 0.2) is 16.3 Å². The van der Waals surface area contributed by atoms with E-state index in [4.69, 9.17) is 5.73 Å². The van der Waals surface area contributed by atoms with E-state index in [1.165, 1.54) is 11.3 Å². The molecule has 0 aliphatic rings. The summed E-state index contributed by atoms with van der Waals surface area (Å²) >= 11 is 1.23. The Morgan fingerprint density at radius 3 is 2.44 bits per heavy atom. The Hall–Kier alpha value is -0.960. The standard InChI is InChI=1S/C17H31N3O3S2/c1-5-17(6-2,12-18)20-25(22,23)16-8-7-14(24-16)9-10-19-15(21)11-13(3)4/h7-8,13,20H,5-6,9-12,18H2,1-4H3,(H,19,21). The summed E-state index contributed by atoms with van der Waals surface area (Å²) in [4.78, 5) is 12.6. The van der Waals surface area contributed by atoms with Crippen molar-refractivity contribution >= 4 is 27.3 Å². The molecule has 0 saturated heterocycles. The summed E-state index contributed by atoms with van der Waals surface area (Å²) in [5.74, 6) is 0.351. The number of sulfonamides is 1. The zero-order valence-electron chi connectivity index (χ0n) is 15.6. The molecule has 144 valence electrons. The molecule has 0 spiro atoms. The maximum atomic E-state index is 12.6. The Bertz CT molecular complexity index is 642. The van der Waals surface area contributed by atoms with Crippen LogP contribution in [0.5, 0.6) is 0 Å². The van der Waals surface area contributed by atoms with Crippen LogP contribution < -0.4 is 15.8 Å². The molecule has 1 amide bonds. The second-order valence-electron chi connectivity index (χ2n) is 6.72. The van der Waals surface area contributed by atoms with E-state index >= 15 is 0 Å². The molecule has 1 rings (SSSR count). The van der Waals surface area contributed by atoms with Crippen molar-refractivity contribution in [3.8, 4) is 0 Å². The molecule has 0 bridgehead atoms. The van der Waals surface area contributed by atoms with Crippen LogP contribution in [0, 0.1) is 5.92 Å². The first-order valence-electron chi connectivity index (χ1n) is 8.77. The number of amides is 1. The molecule has 0 saturated carbocycles. The molecule has 25 heavy (non-hydrogen) atoms. The molecule has 0 aliphatic carbocycles. The van der Waals surface area contributed by atoms with Gasteiger partial charge in [0.2, 0.25) is 5.91 Å². The lowest BCUT2D eigenvalue weighted by atomic mass is 9.95. The summed E-state index contributed by atoms with van der Waals surface area (Å²) < 4.78 is 28.3. The molecule has 0 radical (unpaired) electrons. The molecule has 6 nitrogen and oxygen atoms in total. The van der Waals surface area contributed by atoms with Crippen molar-refractivity contribution in [3.63, 3.8) is 0 Å². The second kappa shape index (κ2) is 9.66. The lowest BCUT2D eigenvalue weighted by Gasteiger charge is -2.30. The SMILES string of the molecule is CCC(CC)(CN)NS(=O)(=O)c1ccc(CCNC(=O)CC(C)C)s1. The third kappa shape index (κ3) is 6.69. The molecule has 4 N–H and O–H groups in total. The van der Waals surface area contributed by atoms with Gasteiger partial charge in [0, 0.05) is 29.9 Å². The van der Waals surface area contributed by atoms with Crippen LogP contribution in [-0.4, -0.2) is 33.0 Å². The summed E-state index contributed by atoms with van der Waals surface area (Å²) in [6.45, 7) is 8.63. The van der Waals surface area contributed by atoms with Crippen molar-refractivity contribution in [2.75, 3.05) is 13.1 Å². The number of nitrogens with two attached hydrogens (primary N) is 1. The number of hydrogen-bond donors (Lipinski definition) is 3. The van der Waals surface area contributed by atoms with E-state index in [0.717, 1.165) is 4.88 Å². The number of nitrogens with one attached hydrogen (secondary N) is 2. The van der Waals surface area contributed by atoms with E-state index in [2.05, 4.69) is 10.0 Å². The van der Waals surface area contributed by atoms with E-state index in [1.807, 2.05) is 27.7 Å². The van der Waals surface area contributed by atoms with Crippen molar-refractivity contribution < 1.29 is 13.2 Å². The van der Waals surface area contributed by atoms with Gasteiger partial charge in [0.05, 0.1) is 0 Å². The van der Waals surface area contributed by atoms with E-state index in [0.29, 0.717) is 38.1 Å². The summed E-state index contributed by atoms with van der Waals surface area (Å²) in [6.07, 6.45) is 2.40. The number of thiophene rings is 1. The summed E-state index contributed by atoms with van der Waals surface area (Å²) in [6, 6.07) is 3.42. The topological polar surface area (TPSA) is 101 Å². The van der Waals surface area contributed by atoms with Crippen LogP contribution in [0.3, 0.4) is 0 Å². The van der Waals surface area contributed by atoms with Crippen LogP contribution in [0.4, 0.5) is 0 Å². The van der Waals surface area contributed by atoms with Gasteiger partial charge < -0.3 is 11.1 Å². The highest BCUT2D eigenvalue weighted by Gasteiger charge is 2.31. The Morgan fingerprint density at radius 2 is 1.92 bits per heavy atom. The molecule has 0 fully saturated rings. The van der Waals surface area contributed by atoms with Gasteiger partial charge in [-0.15, -0.1) is 11.3 Å². The molecular weight excluding hydrogens is 358 g/mol. The zero-order chi connectivity index (χ0) is 19.1. The maximum Gasteiger partial charge on any atom is 0.250 e. The molecule has 0 aromatic carbocycles. The van der Waals surface area contributed by atoms with Crippen LogP contribution in [0.2, 0.25) is 0 Å². The highest BCUT2D eigenvalue weighted by Crippen LogP contribution is 2.25. The highest BCUT2D eigenvalue weighted by atomic mass is 32.2. The predicted molar refractivity (Wildman–Crippen MR) is 103 cm³/mol. The normalized spacial score (nSPS) is 12.6. The first-order valence-corrected chi connectivity index (χ1v) is 11.1.